The van der Waals surface area contributed by atoms with Crippen LogP contribution in [0.4, 0.5) is 0 Å². The van der Waals surface area contributed by atoms with Crippen molar-refractivity contribution < 1.29 is 9.53 Å². The Labute approximate surface area is 159 Å². The molecule has 0 amide bonds. The Kier molecular flexibility index (Phi) is 8.61. The van der Waals surface area contributed by atoms with Gasteiger partial charge in [-0.25, -0.2) is 0 Å². The number of rotatable bonds is 11. The molecule has 2 unspecified atom stereocenters. The van der Waals surface area contributed by atoms with E-state index in [0.717, 1.165) is 18.5 Å². The number of unbranched alkanes of at least 4 members (excludes halogenated alkanes) is 1. The molecule has 6 nitrogen and oxygen atoms in total. The zero-order valence-electron chi connectivity index (χ0n) is 15.8. The van der Waals surface area contributed by atoms with Crippen molar-refractivity contribution in [3.8, 4) is 5.69 Å². The number of aromatic nitrogens is 4. The molecule has 26 heavy (non-hydrogen) atoms. The lowest BCUT2D eigenvalue weighted by atomic mass is 10.0. The fourth-order valence-corrected chi connectivity index (χ4v) is 3.40. The van der Waals surface area contributed by atoms with Crippen molar-refractivity contribution in [2.75, 3.05) is 12.4 Å². The van der Waals surface area contributed by atoms with Gasteiger partial charge in [-0.15, -0.1) is 5.10 Å². The van der Waals surface area contributed by atoms with Crippen LogP contribution < -0.4 is 0 Å². The highest BCUT2D eigenvalue weighted by molar-refractivity contribution is 7.99. The Morgan fingerprint density at radius 3 is 2.73 bits per heavy atom. The molecule has 0 saturated heterocycles. The maximum atomic E-state index is 12.3. The van der Waals surface area contributed by atoms with Gasteiger partial charge in [0.05, 0.1) is 18.2 Å². The molecule has 2 aromatic rings. The van der Waals surface area contributed by atoms with E-state index in [9.17, 15) is 4.79 Å². The predicted octanol–water partition coefficient (Wildman–Crippen LogP) is 4.15. The molecule has 0 spiro atoms. The molecule has 2 atom stereocenters. The molecule has 0 aliphatic heterocycles. The van der Waals surface area contributed by atoms with E-state index >= 15 is 0 Å². The third kappa shape index (κ3) is 6.12. The second-order valence-corrected chi connectivity index (χ2v) is 7.45. The van der Waals surface area contributed by atoms with E-state index < -0.39 is 0 Å². The van der Waals surface area contributed by atoms with Crippen LogP contribution in [0.25, 0.3) is 5.69 Å². The molecule has 0 radical (unpaired) electrons. The third-order valence-corrected chi connectivity index (χ3v) is 5.49. The first-order valence-corrected chi connectivity index (χ1v) is 10.3. The van der Waals surface area contributed by atoms with Crippen LogP contribution in [0.1, 0.15) is 46.5 Å². The van der Waals surface area contributed by atoms with Gasteiger partial charge in [0.15, 0.2) is 0 Å². The Bertz CT molecular complexity index is 663. The fraction of sp³-hybridized carbons (Fsp3) is 0.579. The van der Waals surface area contributed by atoms with Crippen LogP contribution in [0.5, 0.6) is 0 Å². The molecular formula is C19H28N4O2S. The van der Waals surface area contributed by atoms with Crippen molar-refractivity contribution in [3.63, 3.8) is 0 Å². The topological polar surface area (TPSA) is 69.9 Å². The van der Waals surface area contributed by atoms with E-state index in [4.69, 9.17) is 4.74 Å². The summed E-state index contributed by atoms with van der Waals surface area (Å²) in [5.41, 5.74) is 0.900. The van der Waals surface area contributed by atoms with E-state index in [-0.39, 0.29) is 11.9 Å². The SMILES string of the molecule is CCCCC(CC)COC(=O)C(C)CSc1nnnn1-c1ccccc1. The molecule has 0 saturated carbocycles. The normalized spacial score (nSPS) is 13.3. The Hall–Kier alpha value is -1.89. The van der Waals surface area contributed by atoms with Crippen molar-refractivity contribution in [3.05, 3.63) is 30.3 Å². The minimum absolute atomic E-state index is 0.147. The Morgan fingerprint density at radius 1 is 1.27 bits per heavy atom. The number of ether oxygens (including phenoxy) is 1. The van der Waals surface area contributed by atoms with Crippen LogP contribution in [-0.2, 0) is 9.53 Å². The average molecular weight is 377 g/mol. The molecule has 1 aromatic carbocycles. The Morgan fingerprint density at radius 2 is 2.04 bits per heavy atom. The second kappa shape index (κ2) is 11.0. The summed E-state index contributed by atoms with van der Waals surface area (Å²) in [4.78, 5) is 12.3. The van der Waals surface area contributed by atoms with Gasteiger partial charge in [-0.2, -0.15) is 4.68 Å². The molecule has 0 bridgehead atoms. The summed E-state index contributed by atoms with van der Waals surface area (Å²) in [5, 5.41) is 12.5. The van der Waals surface area contributed by atoms with Crippen LogP contribution in [-0.4, -0.2) is 38.5 Å². The molecule has 0 N–H and O–H groups in total. The largest absolute Gasteiger partial charge is 0.465 e. The summed E-state index contributed by atoms with van der Waals surface area (Å²) < 4.78 is 7.21. The molecule has 0 aliphatic carbocycles. The quantitative estimate of drug-likeness (QED) is 0.433. The standard InChI is InChI=1S/C19H28N4O2S/c1-4-6-10-16(5-2)13-25-18(24)15(3)14-26-19-20-21-22-23(19)17-11-8-7-9-12-17/h7-9,11-12,15-16H,4-6,10,13-14H2,1-3H3. The number of nitrogens with zero attached hydrogens (tertiary/aromatic N) is 4. The molecule has 7 heteroatoms. The van der Waals surface area contributed by atoms with Gasteiger partial charge in [0.25, 0.3) is 0 Å². The minimum atomic E-state index is -0.204. The first kappa shape index (κ1) is 20.4. The van der Waals surface area contributed by atoms with Crippen LogP contribution in [0, 0.1) is 11.8 Å². The lowest BCUT2D eigenvalue weighted by Crippen LogP contribution is -2.21. The summed E-state index contributed by atoms with van der Waals surface area (Å²) in [7, 11) is 0. The van der Waals surface area contributed by atoms with Crippen LogP contribution in [0.2, 0.25) is 0 Å². The Balaban J connectivity index is 1.82. The second-order valence-electron chi connectivity index (χ2n) is 6.47. The number of hydrogen-bond acceptors (Lipinski definition) is 6. The summed E-state index contributed by atoms with van der Waals surface area (Å²) in [5.74, 6) is 0.692. The summed E-state index contributed by atoms with van der Waals surface area (Å²) in [6, 6.07) is 9.71. The monoisotopic (exact) mass is 376 g/mol. The van der Waals surface area contributed by atoms with Gasteiger partial charge in [0.2, 0.25) is 5.16 Å². The summed E-state index contributed by atoms with van der Waals surface area (Å²) >= 11 is 1.46. The van der Waals surface area contributed by atoms with Crippen molar-refractivity contribution >= 4 is 17.7 Å². The molecule has 0 aliphatic rings. The molecule has 2 rings (SSSR count). The predicted molar refractivity (Wildman–Crippen MR) is 103 cm³/mol. The first-order chi connectivity index (χ1) is 12.7. The number of thioether (sulfide) groups is 1. The van der Waals surface area contributed by atoms with Crippen LogP contribution in [0.15, 0.2) is 35.5 Å². The van der Waals surface area contributed by atoms with Gasteiger partial charge in [0.1, 0.15) is 0 Å². The first-order valence-electron chi connectivity index (χ1n) is 9.28. The van der Waals surface area contributed by atoms with Gasteiger partial charge < -0.3 is 4.74 Å². The summed E-state index contributed by atoms with van der Waals surface area (Å²) in [6.45, 7) is 6.74. The number of hydrogen-bond donors (Lipinski definition) is 0. The van der Waals surface area contributed by atoms with Gasteiger partial charge in [-0.3, -0.25) is 4.79 Å². The van der Waals surface area contributed by atoms with Gasteiger partial charge in [-0.05, 0) is 34.9 Å². The fourth-order valence-electron chi connectivity index (χ4n) is 2.51. The molecule has 0 fully saturated rings. The maximum Gasteiger partial charge on any atom is 0.309 e. The van der Waals surface area contributed by atoms with Crippen molar-refractivity contribution in [1.29, 1.82) is 0 Å². The van der Waals surface area contributed by atoms with Crippen molar-refractivity contribution in [2.45, 2.75) is 51.6 Å². The van der Waals surface area contributed by atoms with E-state index in [0.29, 0.717) is 23.4 Å². The number of carbonyl (C=O) groups is 1. The highest BCUT2D eigenvalue weighted by Crippen LogP contribution is 2.21. The molecular weight excluding hydrogens is 348 g/mol. The third-order valence-electron chi connectivity index (χ3n) is 4.31. The highest BCUT2D eigenvalue weighted by atomic mass is 32.2. The number of benzene rings is 1. The number of para-hydroxylation sites is 1. The van der Waals surface area contributed by atoms with E-state index in [1.165, 1.54) is 24.6 Å². The van der Waals surface area contributed by atoms with Crippen LogP contribution in [0.3, 0.4) is 0 Å². The van der Waals surface area contributed by atoms with Gasteiger partial charge >= 0.3 is 5.97 Å². The van der Waals surface area contributed by atoms with Gasteiger partial charge in [0, 0.05) is 5.75 Å². The molecule has 142 valence electrons. The lowest BCUT2D eigenvalue weighted by Gasteiger charge is -2.16. The average Bonchev–Trinajstić information content (AvgIpc) is 3.15. The smallest absolute Gasteiger partial charge is 0.309 e. The zero-order valence-corrected chi connectivity index (χ0v) is 16.6. The minimum Gasteiger partial charge on any atom is -0.465 e. The van der Waals surface area contributed by atoms with E-state index in [2.05, 4.69) is 29.4 Å². The maximum absolute atomic E-state index is 12.3. The number of tetrazole rings is 1. The lowest BCUT2D eigenvalue weighted by molar-refractivity contribution is -0.148. The number of carbonyl (C=O) groups excluding carboxylic acids is 1. The van der Waals surface area contributed by atoms with Crippen molar-refractivity contribution in [2.24, 2.45) is 11.8 Å². The molecule has 1 aromatic heterocycles. The van der Waals surface area contributed by atoms with E-state index in [1.807, 2.05) is 37.3 Å². The number of esters is 1. The van der Waals surface area contributed by atoms with E-state index in [1.54, 1.807) is 4.68 Å². The highest BCUT2D eigenvalue weighted by Gasteiger charge is 2.19. The van der Waals surface area contributed by atoms with Crippen LogP contribution >= 0.6 is 11.8 Å². The van der Waals surface area contributed by atoms with Gasteiger partial charge in [-0.1, -0.05) is 70.0 Å². The summed E-state index contributed by atoms with van der Waals surface area (Å²) in [6.07, 6.45) is 4.52. The zero-order chi connectivity index (χ0) is 18.8. The molecule has 1 heterocycles. The van der Waals surface area contributed by atoms with Crippen molar-refractivity contribution in [1.82, 2.24) is 20.2 Å².